The van der Waals surface area contributed by atoms with Crippen LogP contribution in [0.3, 0.4) is 0 Å². The Labute approximate surface area is 127 Å². The maximum atomic E-state index is 4.85. The molecule has 1 aliphatic carbocycles. The third-order valence-electron chi connectivity index (χ3n) is 4.94. The van der Waals surface area contributed by atoms with Crippen molar-refractivity contribution in [1.29, 1.82) is 0 Å². The van der Waals surface area contributed by atoms with Gasteiger partial charge in [0.25, 0.3) is 0 Å². The van der Waals surface area contributed by atoms with Gasteiger partial charge in [-0.3, -0.25) is 4.68 Å². The van der Waals surface area contributed by atoms with Crippen LogP contribution in [0.5, 0.6) is 0 Å². The predicted octanol–water partition coefficient (Wildman–Crippen LogP) is 3.51. The highest BCUT2D eigenvalue weighted by Gasteiger charge is 2.31. The Morgan fingerprint density at radius 1 is 1.29 bits per heavy atom. The molecule has 3 rings (SSSR count). The van der Waals surface area contributed by atoms with Gasteiger partial charge >= 0.3 is 0 Å². The van der Waals surface area contributed by atoms with E-state index in [1.54, 1.807) is 0 Å². The summed E-state index contributed by atoms with van der Waals surface area (Å²) in [5.41, 5.74) is 6.83. The van der Waals surface area contributed by atoms with E-state index in [1.807, 2.05) is 0 Å². The van der Waals surface area contributed by atoms with Gasteiger partial charge in [-0.2, -0.15) is 5.10 Å². The Morgan fingerprint density at radius 2 is 2.05 bits per heavy atom. The van der Waals surface area contributed by atoms with Crippen LogP contribution < -0.4 is 5.32 Å². The van der Waals surface area contributed by atoms with E-state index >= 15 is 0 Å². The highest BCUT2D eigenvalue weighted by molar-refractivity contribution is 5.34. The minimum absolute atomic E-state index is 0.345. The number of aryl methyl sites for hydroxylation is 2. The summed E-state index contributed by atoms with van der Waals surface area (Å²) in [6.45, 7) is 6.56. The molecule has 0 spiro atoms. The molecule has 0 aliphatic heterocycles. The van der Waals surface area contributed by atoms with Crippen LogP contribution >= 0.6 is 0 Å². The van der Waals surface area contributed by atoms with E-state index in [0.29, 0.717) is 12.1 Å². The molecule has 0 bridgehead atoms. The van der Waals surface area contributed by atoms with E-state index in [9.17, 15) is 0 Å². The lowest BCUT2D eigenvalue weighted by Gasteiger charge is -2.34. The summed E-state index contributed by atoms with van der Waals surface area (Å²) in [5, 5.41) is 8.37. The molecule has 3 heteroatoms. The number of likely N-dealkylation sites (N-methyl/N-ethyl adjacent to an activating group) is 1. The second kappa shape index (κ2) is 5.64. The second-order valence-corrected chi connectivity index (χ2v) is 6.02. The summed E-state index contributed by atoms with van der Waals surface area (Å²) in [4.78, 5) is 0. The zero-order chi connectivity index (χ0) is 15.0. The van der Waals surface area contributed by atoms with Crippen LogP contribution in [0.4, 0.5) is 0 Å². The van der Waals surface area contributed by atoms with Gasteiger partial charge in [0.1, 0.15) is 0 Å². The molecule has 3 nitrogen and oxygen atoms in total. The third-order valence-corrected chi connectivity index (χ3v) is 4.94. The van der Waals surface area contributed by atoms with Crippen molar-refractivity contribution in [2.24, 2.45) is 0 Å². The van der Waals surface area contributed by atoms with E-state index in [1.165, 1.54) is 28.1 Å². The summed E-state index contributed by atoms with van der Waals surface area (Å²) in [6, 6.07) is 9.56. The number of aromatic nitrogens is 2. The molecule has 1 aromatic heterocycles. The van der Waals surface area contributed by atoms with Crippen molar-refractivity contribution in [3.05, 3.63) is 52.3 Å². The molecule has 1 aliphatic rings. The first kappa shape index (κ1) is 14.3. The van der Waals surface area contributed by atoms with Gasteiger partial charge in [0.05, 0.1) is 17.8 Å². The van der Waals surface area contributed by atoms with Crippen molar-refractivity contribution in [2.45, 2.75) is 52.1 Å². The number of nitrogens with zero attached hydrogens (tertiary/aromatic N) is 2. The number of nitrogens with one attached hydrogen (secondary N) is 1. The minimum atomic E-state index is 0.345. The van der Waals surface area contributed by atoms with Crippen molar-refractivity contribution in [3.8, 4) is 0 Å². The lowest BCUT2D eigenvalue weighted by Crippen LogP contribution is -2.33. The van der Waals surface area contributed by atoms with Gasteiger partial charge < -0.3 is 5.32 Å². The number of rotatable bonds is 3. The molecular formula is C18H25N3. The molecule has 21 heavy (non-hydrogen) atoms. The highest BCUT2D eigenvalue weighted by Crippen LogP contribution is 2.38. The van der Waals surface area contributed by atoms with Crippen LogP contribution in [-0.2, 0) is 12.8 Å². The van der Waals surface area contributed by atoms with Crippen molar-refractivity contribution >= 4 is 0 Å². The molecule has 1 aromatic carbocycles. The highest BCUT2D eigenvalue weighted by atomic mass is 15.3. The van der Waals surface area contributed by atoms with Crippen LogP contribution in [-0.4, -0.2) is 16.8 Å². The lowest BCUT2D eigenvalue weighted by atomic mass is 9.84. The molecule has 2 aromatic rings. The molecule has 0 saturated heterocycles. The lowest BCUT2D eigenvalue weighted by molar-refractivity contribution is 0.303. The van der Waals surface area contributed by atoms with Crippen LogP contribution in [0.15, 0.2) is 24.3 Å². The van der Waals surface area contributed by atoms with Crippen molar-refractivity contribution < 1.29 is 0 Å². The SMILES string of the molecule is CCc1c(C)nn(C2CCc3ccccc3C2NC)c1C. The first-order chi connectivity index (χ1) is 10.2. The van der Waals surface area contributed by atoms with E-state index < -0.39 is 0 Å². The normalized spacial score (nSPS) is 21.3. The third kappa shape index (κ3) is 2.30. The van der Waals surface area contributed by atoms with Gasteiger partial charge in [0.2, 0.25) is 0 Å². The molecule has 0 saturated carbocycles. The van der Waals surface area contributed by atoms with Gasteiger partial charge in [-0.15, -0.1) is 0 Å². The second-order valence-electron chi connectivity index (χ2n) is 6.02. The fourth-order valence-corrected chi connectivity index (χ4v) is 3.89. The summed E-state index contributed by atoms with van der Waals surface area (Å²) < 4.78 is 2.27. The summed E-state index contributed by atoms with van der Waals surface area (Å²) in [6.07, 6.45) is 3.34. The van der Waals surface area contributed by atoms with E-state index in [2.05, 4.69) is 62.1 Å². The van der Waals surface area contributed by atoms with Crippen LogP contribution in [0.1, 0.15) is 53.5 Å². The molecular weight excluding hydrogens is 258 g/mol. The van der Waals surface area contributed by atoms with E-state index in [-0.39, 0.29) is 0 Å². The van der Waals surface area contributed by atoms with Gasteiger partial charge in [-0.1, -0.05) is 31.2 Å². The Kier molecular flexibility index (Phi) is 3.85. The number of hydrogen-bond acceptors (Lipinski definition) is 2. The molecule has 112 valence electrons. The number of hydrogen-bond donors (Lipinski definition) is 1. The zero-order valence-electron chi connectivity index (χ0n) is 13.5. The summed E-state index contributed by atoms with van der Waals surface area (Å²) in [5.74, 6) is 0. The molecule has 2 unspecified atom stereocenters. The maximum Gasteiger partial charge on any atom is 0.0720 e. The Morgan fingerprint density at radius 3 is 2.71 bits per heavy atom. The maximum absolute atomic E-state index is 4.85. The predicted molar refractivity (Wildman–Crippen MR) is 86.7 cm³/mol. The molecule has 2 atom stereocenters. The monoisotopic (exact) mass is 283 g/mol. The first-order valence-electron chi connectivity index (χ1n) is 7.97. The minimum Gasteiger partial charge on any atom is -0.311 e. The average Bonchev–Trinajstić information content (AvgIpc) is 2.80. The molecule has 0 fully saturated rings. The quantitative estimate of drug-likeness (QED) is 0.934. The van der Waals surface area contributed by atoms with Gasteiger partial charge in [-0.25, -0.2) is 0 Å². The average molecular weight is 283 g/mol. The fourth-order valence-electron chi connectivity index (χ4n) is 3.89. The zero-order valence-corrected chi connectivity index (χ0v) is 13.5. The Balaban J connectivity index is 2.04. The van der Waals surface area contributed by atoms with Crippen LogP contribution in [0, 0.1) is 13.8 Å². The summed E-state index contributed by atoms with van der Waals surface area (Å²) in [7, 11) is 2.06. The van der Waals surface area contributed by atoms with Gasteiger partial charge in [-0.05, 0) is 56.8 Å². The smallest absolute Gasteiger partial charge is 0.0720 e. The molecule has 1 N–H and O–H groups in total. The summed E-state index contributed by atoms with van der Waals surface area (Å²) >= 11 is 0. The van der Waals surface area contributed by atoms with E-state index in [4.69, 9.17) is 5.10 Å². The molecule has 0 amide bonds. The first-order valence-corrected chi connectivity index (χ1v) is 7.97. The topological polar surface area (TPSA) is 29.9 Å². The van der Waals surface area contributed by atoms with Crippen molar-refractivity contribution in [1.82, 2.24) is 15.1 Å². The number of benzene rings is 1. The van der Waals surface area contributed by atoms with Crippen molar-refractivity contribution in [2.75, 3.05) is 7.05 Å². The van der Waals surface area contributed by atoms with Gasteiger partial charge in [0, 0.05) is 5.69 Å². The van der Waals surface area contributed by atoms with Crippen LogP contribution in [0.2, 0.25) is 0 Å². The van der Waals surface area contributed by atoms with E-state index in [0.717, 1.165) is 19.3 Å². The number of fused-ring (bicyclic) bond motifs is 1. The fraction of sp³-hybridized carbons (Fsp3) is 0.500. The van der Waals surface area contributed by atoms with Crippen molar-refractivity contribution in [3.63, 3.8) is 0 Å². The standard InChI is InChI=1S/C18H25N3/c1-5-15-12(2)20-21(13(15)3)17-11-10-14-8-6-7-9-16(14)18(17)19-4/h6-9,17-19H,5,10-11H2,1-4H3. The van der Waals surface area contributed by atoms with Gasteiger partial charge in [0.15, 0.2) is 0 Å². The Bertz CT molecular complexity index is 642. The Hall–Kier alpha value is -1.61. The van der Waals surface area contributed by atoms with Crippen LogP contribution in [0.25, 0.3) is 0 Å². The molecule has 1 heterocycles. The molecule has 0 radical (unpaired) electrons. The largest absolute Gasteiger partial charge is 0.311 e.